The Morgan fingerprint density at radius 1 is 1.07 bits per heavy atom. The van der Waals surface area contributed by atoms with Gasteiger partial charge in [0.1, 0.15) is 11.8 Å². The molecule has 2 amide bonds. The lowest BCUT2D eigenvalue weighted by Crippen LogP contribution is -2.55. The predicted molar refractivity (Wildman–Crippen MR) is 147 cm³/mol. The first kappa shape index (κ1) is 27.9. The zero-order valence-electron chi connectivity index (χ0n) is 22.2. The second-order valence-electron chi connectivity index (χ2n) is 9.58. The molecular formula is C28H29F2N7O4. The number of fused-ring (bicyclic) bond motifs is 1. The van der Waals surface area contributed by atoms with Gasteiger partial charge in [-0.15, -0.1) is 0 Å². The number of ether oxygens (including phenoxy) is 1. The number of imidazole rings is 1. The molecule has 4 N–H and O–H groups in total. The highest BCUT2D eigenvalue weighted by molar-refractivity contribution is 5.96. The van der Waals surface area contributed by atoms with Crippen molar-refractivity contribution in [1.82, 2.24) is 24.2 Å². The number of alkyl halides is 2. The Bertz CT molecular complexity index is 1550. The summed E-state index contributed by atoms with van der Waals surface area (Å²) in [6.07, 6.45) is 5.05. The van der Waals surface area contributed by atoms with E-state index < -0.39 is 19.3 Å². The number of hydrogen-bond donors (Lipinski definition) is 3. The van der Waals surface area contributed by atoms with Crippen molar-refractivity contribution >= 4 is 29.0 Å². The van der Waals surface area contributed by atoms with Gasteiger partial charge in [0.15, 0.2) is 11.5 Å². The van der Waals surface area contributed by atoms with Crippen LogP contribution in [-0.2, 0) is 4.79 Å². The maximum absolute atomic E-state index is 13.2. The molecule has 4 aromatic rings. The number of amides is 2. The molecule has 1 saturated heterocycles. The number of anilines is 2. The molecule has 1 aliphatic heterocycles. The zero-order chi connectivity index (χ0) is 29.1. The first-order chi connectivity index (χ1) is 19.7. The van der Waals surface area contributed by atoms with Crippen molar-refractivity contribution in [3.8, 4) is 17.0 Å². The van der Waals surface area contributed by atoms with E-state index in [0.29, 0.717) is 48.9 Å². The number of aryl methyl sites for hydroxylation is 1. The highest BCUT2D eigenvalue weighted by Gasteiger charge is 2.28. The van der Waals surface area contributed by atoms with Crippen LogP contribution in [0.25, 0.3) is 16.9 Å². The van der Waals surface area contributed by atoms with Gasteiger partial charge in [-0.1, -0.05) is 0 Å². The summed E-state index contributed by atoms with van der Waals surface area (Å²) in [5, 5.41) is 12.4. The number of nitrogens with one attached hydrogen (secondary N) is 1. The Kier molecular flexibility index (Phi) is 8.08. The van der Waals surface area contributed by atoms with Crippen molar-refractivity contribution < 1.29 is 28.2 Å². The number of carbonyl (C=O) groups excluding carboxylic acids is 2. The highest BCUT2D eigenvalue weighted by atomic mass is 19.3. The van der Waals surface area contributed by atoms with Gasteiger partial charge in [0.25, 0.3) is 5.91 Å². The lowest BCUT2D eigenvalue weighted by atomic mass is 10.1. The van der Waals surface area contributed by atoms with Crippen LogP contribution in [0.4, 0.5) is 20.3 Å². The van der Waals surface area contributed by atoms with Crippen LogP contribution < -0.4 is 15.8 Å². The second-order valence-corrected chi connectivity index (χ2v) is 9.58. The number of aromatic nitrogens is 3. The Hall–Kier alpha value is -4.62. The molecule has 13 heteroatoms. The third-order valence-corrected chi connectivity index (χ3v) is 6.92. The predicted octanol–water partition coefficient (Wildman–Crippen LogP) is 2.65. The van der Waals surface area contributed by atoms with E-state index >= 15 is 0 Å². The van der Waals surface area contributed by atoms with Gasteiger partial charge in [-0.2, -0.15) is 8.78 Å². The van der Waals surface area contributed by atoms with Crippen molar-refractivity contribution in [1.29, 1.82) is 0 Å². The first-order valence-electron chi connectivity index (χ1n) is 12.9. The average molecular weight is 566 g/mol. The fourth-order valence-electron chi connectivity index (χ4n) is 4.76. The van der Waals surface area contributed by atoms with Gasteiger partial charge in [-0.3, -0.25) is 14.0 Å². The van der Waals surface area contributed by atoms with Gasteiger partial charge >= 0.3 is 6.61 Å². The van der Waals surface area contributed by atoms with E-state index in [-0.39, 0.29) is 17.6 Å². The highest BCUT2D eigenvalue weighted by Crippen LogP contribution is 2.28. The number of rotatable bonds is 8. The van der Waals surface area contributed by atoms with Crippen molar-refractivity contribution in [2.45, 2.75) is 19.6 Å². The van der Waals surface area contributed by atoms with Crippen LogP contribution in [-0.4, -0.2) is 86.5 Å². The number of halogens is 2. The average Bonchev–Trinajstić information content (AvgIpc) is 3.41. The molecular weight excluding hydrogens is 536 g/mol. The minimum Gasteiger partial charge on any atom is -0.435 e. The molecule has 2 aromatic carbocycles. The maximum atomic E-state index is 13.2. The van der Waals surface area contributed by atoms with Crippen molar-refractivity contribution in [2.75, 3.05) is 38.1 Å². The molecule has 214 valence electrons. The smallest absolute Gasteiger partial charge is 0.387 e. The van der Waals surface area contributed by atoms with E-state index in [1.165, 1.54) is 12.1 Å². The topological polar surface area (TPSA) is 138 Å². The molecule has 2 aromatic heterocycles. The Morgan fingerprint density at radius 2 is 1.78 bits per heavy atom. The Balaban J connectivity index is 1.28. The molecule has 0 spiro atoms. The van der Waals surface area contributed by atoms with E-state index in [0.717, 1.165) is 16.8 Å². The summed E-state index contributed by atoms with van der Waals surface area (Å²) in [6.45, 7) is -0.00651. The molecule has 1 atom stereocenters. The normalized spacial score (nSPS) is 14.4. The van der Waals surface area contributed by atoms with Gasteiger partial charge in [0.2, 0.25) is 5.91 Å². The van der Waals surface area contributed by atoms with Gasteiger partial charge in [-0.25, -0.2) is 9.97 Å². The van der Waals surface area contributed by atoms with Crippen LogP contribution in [0.1, 0.15) is 15.9 Å². The molecule has 0 saturated carbocycles. The molecule has 0 unspecified atom stereocenters. The van der Waals surface area contributed by atoms with Crippen LogP contribution in [0.5, 0.6) is 5.75 Å². The molecule has 1 fully saturated rings. The summed E-state index contributed by atoms with van der Waals surface area (Å²) in [7, 11) is 0. The first-order valence-corrected chi connectivity index (χ1v) is 12.9. The monoisotopic (exact) mass is 565 g/mol. The number of nitrogens with zero attached hydrogens (tertiary/aromatic N) is 5. The Labute approximate surface area is 234 Å². The number of nitrogens with two attached hydrogens (primary N) is 1. The van der Waals surface area contributed by atoms with Crippen LogP contribution in [0.2, 0.25) is 0 Å². The van der Waals surface area contributed by atoms with Crippen LogP contribution in [0, 0.1) is 6.92 Å². The quantitative estimate of drug-likeness (QED) is 0.297. The summed E-state index contributed by atoms with van der Waals surface area (Å²) >= 11 is 0. The Morgan fingerprint density at radius 3 is 2.44 bits per heavy atom. The van der Waals surface area contributed by atoms with Crippen LogP contribution >= 0.6 is 0 Å². The summed E-state index contributed by atoms with van der Waals surface area (Å²) in [5.74, 6) is 0.114. The molecule has 0 radical (unpaired) electrons. The number of hydrogen-bond acceptors (Lipinski definition) is 8. The van der Waals surface area contributed by atoms with Gasteiger partial charge < -0.3 is 30.7 Å². The molecule has 3 heterocycles. The van der Waals surface area contributed by atoms with Gasteiger partial charge in [0.05, 0.1) is 18.5 Å². The van der Waals surface area contributed by atoms with Crippen LogP contribution in [0.15, 0.2) is 61.1 Å². The molecule has 0 bridgehead atoms. The minimum atomic E-state index is -2.89. The summed E-state index contributed by atoms with van der Waals surface area (Å²) in [6, 6.07) is 10.7. The minimum absolute atomic E-state index is 0.0686. The lowest BCUT2D eigenvalue weighted by molar-refractivity contribution is -0.134. The largest absolute Gasteiger partial charge is 0.435 e. The fraction of sp³-hybridized carbons (Fsp3) is 0.286. The molecule has 5 rings (SSSR count). The van der Waals surface area contributed by atoms with E-state index in [1.807, 2.05) is 17.4 Å². The third-order valence-electron chi connectivity index (χ3n) is 6.92. The van der Waals surface area contributed by atoms with E-state index in [2.05, 4.69) is 20.0 Å². The van der Waals surface area contributed by atoms with Gasteiger partial charge in [0, 0.05) is 55.4 Å². The maximum Gasteiger partial charge on any atom is 0.387 e. The van der Waals surface area contributed by atoms with E-state index in [1.54, 1.807) is 52.7 Å². The molecule has 0 aliphatic carbocycles. The van der Waals surface area contributed by atoms with Crippen molar-refractivity contribution in [2.24, 2.45) is 5.73 Å². The summed E-state index contributed by atoms with van der Waals surface area (Å²) < 4.78 is 31.2. The standard InChI is InChI=1S/C28H29F2N7O4/c1-17-14-19(4-7-21(17)26(39)35-10-12-36(13-11-35)27(40)22(31)16-38)34-24-25-33-15-23(37(25)9-8-32-24)18-2-5-20(6-3-18)41-28(29)30/h2-9,14-15,22,28,38H,10-13,16,31H2,1H3,(H,32,34)/t22-/m0/s1. The number of aliphatic hydroxyl groups is 1. The van der Waals surface area contributed by atoms with E-state index in [4.69, 9.17) is 10.8 Å². The number of carbonyl (C=O) groups is 2. The lowest BCUT2D eigenvalue weighted by Gasteiger charge is -2.36. The second kappa shape index (κ2) is 11.9. The summed E-state index contributed by atoms with van der Waals surface area (Å²) in [4.78, 5) is 37.6. The molecule has 41 heavy (non-hydrogen) atoms. The van der Waals surface area contributed by atoms with Crippen molar-refractivity contribution in [3.63, 3.8) is 0 Å². The SMILES string of the molecule is Cc1cc(Nc2nccn3c(-c4ccc(OC(F)F)cc4)cnc23)ccc1C(=O)N1CCN(C(=O)[C@@H](N)CO)CC1. The molecule has 1 aliphatic rings. The number of piperazine rings is 1. The third kappa shape index (κ3) is 5.95. The van der Waals surface area contributed by atoms with Gasteiger partial charge in [-0.05, 0) is 55.0 Å². The zero-order valence-corrected chi connectivity index (χ0v) is 22.2. The van der Waals surface area contributed by atoms with Crippen LogP contribution in [0.3, 0.4) is 0 Å². The van der Waals surface area contributed by atoms with Crippen molar-refractivity contribution in [3.05, 3.63) is 72.2 Å². The van der Waals surface area contributed by atoms with E-state index in [9.17, 15) is 18.4 Å². The number of benzene rings is 2. The fourth-order valence-corrected chi connectivity index (χ4v) is 4.76. The molecule has 11 nitrogen and oxygen atoms in total. The number of aliphatic hydroxyl groups excluding tert-OH is 1. The summed E-state index contributed by atoms with van der Waals surface area (Å²) in [5.41, 5.74) is 9.73.